The number of hydrogen-bond donors (Lipinski definition) is 1. The number of ether oxygens (including phenoxy) is 1. The molecule has 0 aliphatic rings. The van der Waals surface area contributed by atoms with Gasteiger partial charge in [0.25, 0.3) is 5.91 Å². The van der Waals surface area contributed by atoms with Crippen molar-refractivity contribution in [2.24, 2.45) is 5.10 Å². The Balaban J connectivity index is 1.72. The van der Waals surface area contributed by atoms with Crippen LogP contribution in [-0.4, -0.2) is 45.0 Å². The molecule has 0 fully saturated rings. The van der Waals surface area contributed by atoms with E-state index in [1.807, 2.05) is 50.2 Å². The van der Waals surface area contributed by atoms with Crippen LogP contribution in [0.15, 0.2) is 65.8 Å². The van der Waals surface area contributed by atoms with Gasteiger partial charge in [-0.1, -0.05) is 18.2 Å². The number of aryl methyl sites for hydroxylation is 1. The van der Waals surface area contributed by atoms with Crippen molar-refractivity contribution in [2.75, 3.05) is 24.2 Å². The van der Waals surface area contributed by atoms with E-state index < -0.39 is 22.5 Å². The van der Waals surface area contributed by atoms with Gasteiger partial charge in [0.2, 0.25) is 10.0 Å². The average molecular weight is 455 g/mol. The first-order chi connectivity index (χ1) is 15.2. The van der Waals surface area contributed by atoms with Gasteiger partial charge in [-0.2, -0.15) is 5.10 Å². The molecule has 1 heterocycles. The van der Waals surface area contributed by atoms with Gasteiger partial charge in [-0.05, 0) is 56.3 Å². The first-order valence-corrected chi connectivity index (χ1v) is 11.7. The minimum atomic E-state index is -3.67. The molecule has 0 saturated carbocycles. The second-order valence-electron chi connectivity index (χ2n) is 7.26. The summed E-state index contributed by atoms with van der Waals surface area (Å²) in [6.45, 7) is 3.57. The molecule has 3 aromatic rings. The van der Waals surface area contributed by atoms with Gasteiger partial charge in [0, 0.05) is 22.6 Å². The van der Waals surface area contributed by atoms with Crippen LogP contribution >= 0.6 is 0 Å². The van der Waals surface area contributed by atoms with E-state index in [4.69, 9.17) is 4.74 Å². The predicted molar refractivity (Wildman–Crippen MR) is 126 cm³/mol. The molecule has 0 atom stereocenters. The number of nitrogens with zero attached hydrogens (tertiary/aromatic N) is 3. The van der Waals surface area contributed by atoms with Gasteiger partial charge in [0.05, 0.1) is 25.3 Å². The van der Waals surface area contributed by atoms with Crippen molar-refractivity contribution in [3.8, 4) is 11.4 Å². The highest BCUT2D eigenvalue weighted by molar-refractivity contribution is 7.92. The van der Waals surface area contributed by atoms with E-state index in [0.29, 0.717) is 11.4 Å². The summed E-state index contributed by atoms with van der Waals surface area (Å²) in [7, 11) is -2.15. The van der Waals surface area contributed by atoms with E-state index in [-0.39, 0.29) is 0 Å². The van der Waals surface area contributed by atoms with Crippen molar-refractivity contribution < 1.29 is 17.9 Å². The van der Waals surface area contributed by atoms with Crippen LogP contribution in [0.1, 0.15) is 17.0 Å². The number of amides is 1. The van der Waals surface area contributed by atoms with Gasteiger partial charge in [-0.3, -0.25) is 9.10 Å². The number of aromatic nitrogens is 1. The summed E-state index contributed by atoms with van der Waals surface area (Å²) in [5.41, 5.74) is 6.66. The van der Waals surface area contributed by atoms with Gasteiger partial charge in [-0.15, -0.1) is 0 Å². The first kappa shape index (κ1) is 23.1. The van der Waals surface area contributed by atoms with Crippen LogP contribution in [0.2, 0.25) is 0 Å². The van der Waals surface area contributed by atoms with E-state index in [9.17, 15) is 13.2 Å². The number of para-hydroxylation sites is 1. The van der Waals surface area contributed by atoms with Crippen LogP contribution in [0.3, 0.4) is 0 Å². The summed E-state index contributed by atoms with van der Waals surface area (Å²) < 4.78 is 32.6. The number of sulfonamides is 1. The molecule has 1 aromatic heterocycles. The monoisotopic (exact) mass is 454 g/mol. The van der Waals surface area contributed by atoms with Crippen molar-refractivity contribution in [2.45, 2.75) is 13.8 Å². The maximum absolute atomic E-state index is 12.4. The standard InChI is InChI=1S/C23H26N4O4S/c1-17-14-19(18(2)27(17)21-8-6-5-7-9-21)15-24-25-23(28)16-26(32(4,29)30)20-10-12-22(31-3)13-11-20/h5-15H,16H2,1-4H3,(H,25,28)/b24-15-. The number of hydrazone groups is 1. The van der Waals surface area contributed by atoms with Crippen molar-refractivity contribution >= 4 is 27.8 Å². The summed E-state index contributed by atoms with van der Waals surface area (Å²) in [5, 5.41) is 4.03. The van der Waals surface area contributed by atoms with Crippen LogP contribution < -0.4 is 14.5 Å². The van der Waals surface area contributed by atoms with Crippen molar-refractivity contribution in [1.29, 1.82) is 0 Å². The molecule has 0 unspecified atom stereocenters. The van der Waals surface area contributed by atoms with E-state index in [2.05, 4.69) is 15.1 Å². The largest absolute Gasteiger partial charge is 0.497 e. The third-order valence-corrected chi connectivity index (χ3v) is 6.07. The van der Waals surface area contributed by atoms with Gasteiger partial charge < -0.3 is 9.30 Å². The summed E-state index contributed by atoms with van der Waals surface area (Å²) in [6.07, 6.45) is 2.60. The normalized spacial score (nSPS) is 11.5. The predicted octanol–water partition coefficient (Wildman–Crippen LogP) is 3.02. The molecule has 0 radical (unpaired) electrons. The maximum Gasteiger partial charge on any atom is 0.260 e. The zero-order valence-corrected chi connectivity index (χ0v) is 19.3. The third kappa shape index (κ3) is 5.36. The number of benzene rings is 2. The SMILES string of the molecule is COc1ccc(N(CC(=O)N/N=C\c2cc(C)n(-c3ccccc3)c2C)S(C)(=O)=O)cc1. The maximum atomic E-state index is 12.4. The highest BCUT2D eigenvalue weighted by atomic mass is 32.2. The van der Waals surface area contributed by atoms with Crippen LogP contribution in [0.4, 0.5) is 5.69 Å². The molecule has 0 aliphatic carbocycles. The molecule has 0 spiro atoms. The van der Waals surface area contributed by atoms with Gasteiger partial charge in [-0.25, -0.2) is 13.8 Å². The number of rotatable bonds is 8. The Hall–Kier alpha value is -3.59. The molecule has 8 nitrogen and oxygen atoms in total. The second-order valence-corrected chi connectivity index (χ2v) is 9.17. The Morgan fingerprint density at radius 3 is 2.38 bits per heavy atom. The molecule has 168 valence electrons. The van der Waals surface area contributed by atoms with E-state index in [1.54, 1.807) is 30.5 Å². The lowest BCUT2D eigenvalue weighted by atomic mass is 10.2. The minimum absolute atomic E-state index is 0.360. The lowest BCUT2D eigenvalue weighted by Gasteiger charge is -2.21. The Morgan fingerprint density at radius 2 is 1.78 bits per heavy atom. The quantitative estimate of drug-likeness (QED) is 0.418. The lowest BCUT2D eigenvalue weighted by molar-refractivity contribution is -0.119. The number of anilines is 1. The molecule has 0 saturated heterocycles. The summed E-state index contributed by atoms with van der Waals surface area (Å²) in [4.78, 5) is 12.4. The minimum Gasteiger partial charge on any atom is -0.497 e. The molecule has 9 heteroatoms. The Kier molecular flexibility index (Phi) is 6.99. The number of hydrogen-bond acceptors (Lipinski definition) is 5. The zero-order valence-electron chi connectivity index (χ0n) is 18.4. The van der Waals surface area contributed by atoms with E-state index in [1.165, 1.54) is 7.11 Å². The summed E-state index contributed by atoms with van der Waals surface area (Å²) in [5.74, 6) is 0.0312. The van der Waals surface area contributed by atoms with E-state index >= 15 is 0 Å². The van der Waals surface area contributed by atoms with Crippen LogP contribution in [0.5, 0.6) is 5.75 Å². The fourth-order valence-corrected chi connectivity index (χ4v) is 4.24. The van der Waals surface area contributed by atoms with Crippen LogP contribution in [-0.2, 0) is 14.8 Å². The third-order valence-electron chi connectivity index (χ3n) is 4.93. The van der Waals surface area contributed by atoms with Crippen molar-refractivity contribution in [3.05, 3.63) is 77.6 Å². The molecule has 0 bridgehead atoms. The van der Waals surface area contributed by atoms with Gasteiger partial charge in [0.1, 0.15) is 12.3 Å². The average Bonchev–Trinajstić information content (AvgIpc) is 3.05. The van der Waals surface area contributed by atoms with Gasteiger partial charge in [0.15, 0.2) is 0 Å². The molecule has 0 aliphatic heterocycles. The summed E-state index contributed by atoms with van der Waals surface area (Å²) >= 11 is 0. The lowest BCUT2D eigenvalue weighted by Crippen LogP contribution is -2.39. The van der Waals surface area contributed by atoms with Crippen molar-refractivity contribution in [1.82, 2.24) is 9.99 Å². The van der Waals surface area contributed by atoms with Crippen molar-refractivity contribution in [3.63, 3.8) is 0 Å². The Bertz CT molecular complexity index is 1220. The van der Waals surface area contributed by atoms with Crippen LogP contribution in [0.25, 0.3) is 5.69 Å². The molecule has 32 heavy (non-hydrogen) atoms. The smallest absolute Gasteiger partial charge is 0.260 e. The first-order valence-electron chi connectivity index (χ1n) is 9.88. The fourth-order valence-electron chi connectivity index (χ4n) is 3.38. The number of nitrogens with one attached hydrogen (secondary N) is 1. The molecule has 1 N–H and O–H groups in total. The van der Waals surface area contributed by atoms with Gasteiger partial charge >= 0.3 is 0 Å². The Morgan fingerprint density at radius 1 is 1.12 bits per heavy atom. The molecule has 2 aromatic carbocycles. The zero-order chi connectivity index (χ0) is 23.3. The highest BCUT2D eigenvalue weighted by Crippen LogP contribution is 2.21. The fraction of sp³-hybridized carbons (Fsp3) is 0.217. The molecular weight excluding hydrogens is 428 g/mol. The Labute approximate surface area is 188 Å². The molecular formula is C23H26N4O4S. The topological polar surface area (TPSA) is 93.0 Å². The number of methoxy groups -OCH3 is 1. The van der Waals surface area contributed by atoms with E-state index in [0.717, 1.165) is 33.2 Å². The van der Waals surface area contributed by atoms with Crippen LogP contribution in [0, 0.1) is 13.8 Å². The molecule has 3 rings (SSSR count). The molecule has 1 amide bonds. The second kappa shape index (κ2) is 9.69. The summed E-state index contributed by atoms with van der Waals surface area (Å²) in [6, 6.07) is 18.3. The number of carbonyl (C=O) groups excluding carboxylic acids is 1. The highest BCUT2D eigenvalue weighted by Gasteiger charge is 2.20. The number of carbonyl (C=O) groups is 1.